The van der Waals surface area contributed by atoms with E-state index in [1.165, 1.54) is 0 Å². The number of nitrogens with one attached hydrogen (secondary N) is 1. The highest BCUT2D eigenvalue weighted by atomic mass is 16.5. The first kappa shape index (κ1) is 18.2. The zero-order valence-corrected chi connectivity index (χ0v) is 14.7. The molecule has 0 spiro atoms. The molecule has 3 rings (SSSR count). The van der Waals surface area contributed by atoms with E-state index >= 15 is 0 Å². The van der Waals surface area contributed by atoms with Crippen LogP contribution in [0.4, 0.5) is 0 Å². The molecule has 0 saturated heterocycles. The number of hydrogen-bond donors (Lipinski definition) is 2. The molecule has 27 heavy (non-hydrogen) atoms. The highest BCUT2D eigenvalue weighted by Gasteiger charge is 2.08. The van der Waals surface area contributed by atoms with E-state index in [2.05, 4.69) is 10.4 Å². The number of ether oxygens (including phenoxy) is 1. The fourth-order valence-corrected chi connectivity index (χ4v) is 2.52. The standard InChI is InChI=1S/C20H20N4O3/c21-19(25)14-27-18-8-4-5-16(11-18)20(26)22-10-9-15-12-23-24(13-15)17-6-2-1-3-7-17/h1-8,11-13H,9-10,14H2,(H2,21,25)(H,22,26). The number of nitrogens with zero attached hydrogens (tertiary/aromatic N) is 2. The van der Waals surface area contributed by atoms with Gasteiger partial charge in [0.05, 0.1) is 11.9 Å². The Hall–Kier alpha value is -3.61. The second kappa shape index (κ2) is 8.66. The van der Waals surface area contributed by atoms with Gasteiger partial charge in [-0.2, -0.15) is 5.10 Å². The Morgan fingerprint density at radius 3 is 2.70 bits per heavy atom. The van der Waals surface area contributed by atoms with Crippen molar-refractivity contribution in [3.63, 3.8) is 0 Å². The highest BCUT2D eigenvalue weighted by Crippen LogP contribution is 2.13. The molecule has 0 bridgehead atoms. The van der Waals surface area contributed by atoms with Crippen LogP contribution in [0.1, 0.15) is 15.9 Å². The number of amides is 2. The van der Waals surface area contributed by atoms with Crippen LogP contribution in [0.2, 0.25) is 0 Å². The van der Waals surface area contributed by atoms with Crippen molar-refractivity contribution >= 4 is 11.8 Å². The predicted octanol–water partition coefficient (Wildman–Crippen LogP) is 1.71. The molecule has 0 aliphatic rings. The highest BCUT2D eigenvalue weighted by molar-refractivity contribution is 5.94. The van der Waals surface area contributed by atoms with Crippen molar-refractivity contribution < 1.29 is 14.3 Å². The average Bonchev–Trinajstić information content (AvgIpc) is 3.16. The molecule has 2 aromatic carbocycles. The smallest absolute Gasteiger partial charge is 0.255 e. The SMILES string of the molecule is NC(=O)COc1cccc(C(=O)NCCc2cnn(-c3ccccc3)c2)c1. The minimum absolute atomic E-state index is 0.213. The van der Waals surface area contributed by atoms with Crippen LogP contribution < -0.4 is 15.8 Å². The van der Waals surface area contributed by atoms with Gasteiger partial charge in [-0.05, 0) is 42.3 Å². The Bertz CT molecular complexity index is 922. The summed E-state index contributed by atoms with van der Waals surface area (Å²) in [6.07, 6.45) is 4.40. The van der Waals surface area contributed by atoms with Gasteiger partial charge in [-0.1, -0.05) is 24.3 Å². The van der Waals surface area contributed by atoms with E-state index in [0.29, 0.717) is 24.3 Å². The maximum Gasteiger partial charge on any atom is 0.255 e. The number of para-hydroxylation sites is 1. The summed E-state index contributed by atoms with van der Waals surface area (Å²) >= 11 is 0. The second-order valence-electron chi connectivity index (χ2n) is 5.92. The molecular weight excluding hydrogens is 344 g/mol. The third-order valence-electron chi connectivity index (χ3n) is 3.83. The van der Waals surface area contributed by atoms with Crippen LogP contribution in [0.25, 0.3) is 5.69 Å². The van der Waals surface area contributed by atoms with Crippen molar-refractivity contribution in [1.29, 1.82) is 0 Å². The average molecular weight is 364 g/mol. The van der Waals surface area contributed by atoms with E-state index in [1.807, 2.05) is 36.5 Å². The van der Waals surface area contributed by atoms with Gasteiger partial charge in [0.15, 0.2) is 6.61 Å². The first-order valence-electron chi connectivity index (χ1n) is 8.50. The van der Waals surface area contributed by atoms with Gasteiger partial charge in [0.1, 0.15) is 5.75 Å². The first-order valence-corrected chi connectivity index (χ1v) is 8.50. The first-order chi connectivity index (χ1) is 13.1. The number of nitrogens with two attached hydrogens (primary N) is 1. The van der Waals surface area contributed by atoms with Crippen molar-refractivity contribution in [3.8, 4) is 11.4 Å². The number of carbonyl (C=O) groups excluding carboxylic acids is 2. The van der Waals surface area contributed by atoms with Crippen LogP contribution in [0.15, 0.2) is 67.0 Å². The third kappa shape index (κ3) is 5.18. The Morgan fingerprint density at radius 1 is 1.11 bits per heavy atom. The lowest BCUT2D eigenvalue weighted by Crippen LogP contribution is -2.25. The van der Waals surface area contributed by atoms with E-state index in [1.54, 1.807) is 35.1 Å². The van der Waals surface area contributed by atoms with Gasteiger partial charge in [0, 0.05) is 18.3 Å². The molecular formula is C20H20N4O3. The number of primary amides is 1. The van der Waals surface area contributed by atoms with Crippen LogP contribution in [-0.2, 0) is 11.2 Å². The Morgan fingerprint density at radius 2 is 1.93 bits per heavy atom. The number of hydrogen-bond acceptors (Lipinski definition) is 4. The lowest BCUT2D eigenvalue weighted by atomic mass is 10.2. The van der Waals surface area contributed by atoms with Crippen molar-refractivity contribution in [1.82, 2.24) is 15.1 Å². The summed E-state index contributed by atoms with van der Waals surface area (Å²) in [5.74, 6) is -0.360. The maximum atomic E-state index is 12.3. The summed E-state index contributed by atoms with van der Waals surface area (Å²) in [5, 5.41) is 7.20. The molecule has 0 atom stereocenters. The molecule has 0 radical (unpaired) electrons. The second-order valence-corrected chi connectivity index (χ2v) is 5.92. The quantitative estimate of drug-likeness (QED) is 0.635. The van der Waals surface area contributed by atoms with Gasteiger partial charge in [0.25, 0.3) is 11.8 Å². The maximum absolute atomic E-state index is 12.3. The molecule has 3 aromatic rings. The minimum atomic E-state index is -0.569. The summed E-state index contributed by atoms with van der Waals surface area (Å²) in [7, 11) is 0. The molecule has 0 unspecified atom stereocenters. The molecule has 1 aromatic heterocycles. The van der Waals surface area contributed by atoms with Gasteiger partial charge in [-0.3, -0.25) is 9.59 Å². The number of rotatable bonds is 8. The van der Waals surface area contributed by atoms with Gasteiger partial charge < -0.3 is 15.8 Å². The molecule has 0 saturated carbocycles. The monoisotopic (exact) mass is 364 g/mol. The van der Waals surface area contributed by atoms with Gasteiger partial charge in [-0.25, -0.2) is 4.68 Å². The summed E-state index contributed by atoms with van der Waals surface area (Å²) in [5.41, 5.74) is 7.52. The van der Waals surface area contributed by atoms with Crippen molar-refractivity contribution in [2.45, 2.75) is 6.42 Å². The van der Waals surface area contributed by atoms with Crippen LogP contribution in [0, 0.1) is 0 Å². The molecule has 0 fully saturated rings. The lowest BCUT2D eigenvalue weighted by Gasteiger charge is -2.07. The fourth-order valence-electron chi connectivity index (χ4n) is 2.52. The Balaban J connectivity index is 1.52. The van der Waals surface area contributed by atoms with E-state index in [4.69, 9.17) is 10.5 Å². The fraction of sp³-hybridized carbons (Fsp3) is 0.150. The van der Waals surface area contributed by atoms with E-state index in [9.17, 15) is 9.59 Å². The van der Waals surface area contributed by atoms with Crippen LogP contribution >= 0.6 is 0 Å². The Labute approximate surface area is 156 Å². The molecule has 7 heteroatoms. The van der Waals surface area contributed by atoms with Gasteiger partial charge >= 0.3 is 0 Å². The molecule has 2 amide bonds. The van der Waals surface area contributed by atoms with Crippen molar-refractivity contribution in [2.75, 3.05) is 13.2 Å². The molecule has 0 aliphatic heterocycles. The van der Waals surface area contributed by atoms with Crippen LogP contribution in [0.5, 0.6) is 5.75 Å². The van der Waals surface area contributed by atoms with Gasteiger partial charge in [0.2, 0.25) is 0 Å². The van der Waals surface area contributed by atoms with Crippen molar-refractivity contribution in [2.24, 2.45) is 5.73 Å². The summed E-state index contributed by atoms with van der Waals surface area (Å²) in [4.78, 5) is 23.0. The van der Waals surface area contributed by atoms with Crippen LogP contribution in [-0.4, -0.2) is 34.7 Å². The summed E-state index contributed by atoms with van der Waals surface area (Å²) in [6.45, 7) is 0.252. The van der Waals surface area contributed by atoms with E-state index in [-0.39, 0.29) is 12.5 Å². The molecule has 7 nitrogen and oxygen atoms in total. The van der Waals surface area contributed by atoms with E-state index < -0.39 is 5.91 Å². The molecule has 0 aliphatic carbocycles. The number of benzene rings is 2. The normalized spacial score (nSPS) is 10.4. The minimum Gasteiger partial charge on any atom is -0.484 e. The Kier molecular flexibility index (Phi) is 5.84. The molecule has 3 N–H and O–H groups in total. The largest absolute Gasteiger partial charge is 0.484 e. The van der Waals surface area contributed by atoms with E-state index in [0.717, 1.165) is 11.3 Å². The summed E-state index contributed by atoms with van der Waals surface area (Å²) in [6, 6.07) is 16.4. The zero-order chi connectivity index (χ0) is 19.1. The van der Waals surface area contributed by atoms with Crippen LogP contribution in [0.3, 0.4) is 0 Å². The number of aromatic nitrogens is 2. The lowest BCUT2D eigenvalue weighted by molar-refractivity contribution is -0.119. The summed E-state index contributed by atoms with van der Waals surface area (Å²) < 4.78 is 7.01. The van der Waals surface area contributed by atoms with Gasteiger partial charge in [-0.15, -0.1) is 0 Å². The van der Waals surface area contributed by atoms with Crippen molar-refractivity contribution in [3.05, 3.63) is 78.1 Å². The molecule has 1 heterocycles. The third-order valence-corrected chi connectivity index (χ3v) is 3.83. The predicted molar refractivity (Wildman–Crippen MR) is 101 cm³/mol. The molecule has 138 valence electrons. The number of carbonyl (C=O) groups is 2. The topological polar surface area (TPSA) is 99.2 Å². The zero-order valence-electron chi connectivity index (χ0n) is 14.7.